The van der Waals surface area contributed by atoms with E-state index in [4.69, 9.17) is 0 Å². The average molecular weight is 332 g/mol. The number of hydrogen-bond donors (Lipinski definition) is 1. The smallest absolute Gasteiger partial charge is 0.292 e. The van der Waals surface area contributed by atoms with Gasteiger partial charge < -0.3 is 5.32 Å². The van der Waals surface area contributed by atoms with E-state index in [9.17, 15) is 14.9 Å². The highest BCUT2D eigenvalue weighted by Gasteiger charge is 2.14. The van der Waals surface area contributed by atoms with Crippen LogP contribution in [0.5, 0.6) is 0 Å². The van der Waals surface area contributed by atoms with E-state index in [1.54, 1.807) is 30.3 Å². The predicted molar refractivity (Wildman–Crippen MR) is 97.7 cm³/mol. The summed E-state index contributed by atoms with van der Waals surface area (Å²) in [5.74, 6) is 0. The first-order valence-corrected chi connectivity index (χ1v) is 7.79. The Kier molecular flexibility index (Phi) is 4.85. The van der Waals surface area contributed by atoms with Gasteiger partial charge in [-0.3, -0.25) is 14.9 Å². The minimum absolute atomic E-state index is 0.0197. The molecule has 0 radical (unpaired) electrons. The minimum Gasteiger partial charge on any atom is -0.375 e. The van der Waals surface area contributed by atoms with Crippen molar-refractivity contribution < 1.29 is 9.72 Å². The number of nitrogens with one attached hydrogen (secondary N) is 1. The lowest BCUT2D eigenvalue weighted by Crippen LogP contribution is -2.03. The van der Waals surface area contributed by atoms with E-state index in [0.29, 0.717) is 17.8 Å². The summed E-state index contributed by atoms with van der Waals surface area (Å²) in [7, 11) is 0. The van der Waals surface area contributed by atoms with E-state index in [0.717, 1.165) is 23.0 Å². The lowest BCUT2D eigenvalue weighted by Gasteiger charge is -2.10. The highest BCUT2D eigenvalue weighted by Crippen LogP contribution is 2.31. The predicted octanol–water partition coefficient (Wildman–Crippen LogP) is 4.69. The van der Waals surface area contributed by atoms with Crippen molar-refractivity contribution in [3.05, 3.63) is 94.0 Å². The van der Waals surface area contributed by atoms with Crippen LogP contribution in [0.4, 0.5) is 11.4 Å². The molecular formula is C20H16N2O3. The Morgan fingerprint density at radius 3 is 2.40 bits per heavy atom. The molecule has 3 aromatic carbocycles. The number of aldehydes is 1. The Morgan fingerprint density at radius 2 is 1.68 bits per heavy atom. The first-order valence-electron chi connectivity index (χ1n) is 7.79. The molecule has 124 valence electrons. The number of nitrogens with zero attached hydrogens (tertiary/aromatic N) is 1. The molecule has 0 spiro atoms. The van der Waals surface area contributed by atoms with Crippen LogP contribution in [-0.2, 0) is 6.54 Å². The minimum atomic E-state index is -0.404. The van der Waals surface area contributed by atoms with Crippen LogP contribution in [0, 0.1) is 10.1 Å². The molecule has 0 saturated heterocycles. The fourth-order valence-corrected chi connectivity index (χ4v) is 2.60. The lowest BCUT2D eigenvalue weighted by atomic mass is 10.0. The largest absolute Gasteiger partial charge is 0.375 e. The number of hydrogen-bond acceptors (Lipinski definition) is 4. The Labute approximate surface area is 145 Å². The zero-order valence-corrected chi connectivity index (χ0v) is 13.4. The summed E-state index contributed by atoms with van der Waals surface area (Å²) in [5.41, 5.74) is 3.71. The second-order valence-corrected chi connectivity index (χ2v) is 5.57. The van der Waals surface area contributed by atoms with Crippen LogP contribution in [0.15, 0.2) is 72.8 Å². The molecule has 5 heteroatoms. The second-order valence-electron chi connectivity index (χ2n) is 5.57. The van der Waals surface area contributed by atoms with Gasteiger partial charge in [0.1, 0.15) is 12.0 Å². The van der Waals surface area contributed by atoms with Crippen molar-refractivity contribution in [2.24, 2.45) is 0 Å². The molecule has 0 unspecified atom stereocenters. The molecule has 0 fully saturated rings. The van der Waals surface area contributed by atoms with Crippen LogP contribution >= 0.6 is 0 Å². The summed E-state index contributed by atoms with van der Waals surface area (Å²) < 4.78 is 0. The summed E-state index contributed by atoms with van der Waals surface area (Å²) in [6, 6.07) is 21.7. The third kappa shape index (κ3) is 3.90. The molecule has 0 aliphatic carbocycles. The van der Waals surface area contributed by atoms with Crippen LogP contribution in [0.1, 0.15) is 15.9 Å². The molecule has 3 rings (SSSR count). The van der Waals surface area contributed by atoms with Gasteiger partial charge in [-0.15, -0.1) is 0 Å². The van der Waals surface area contributed by atoms with Crippen LogP contribution in [0.25, 0.3) is 11.1 Å². The Morgan fingerprint density at radius 1 is 0.920 bits per heavy atom. The van der Waals surface area contributed by atoms with Gasteiger partial charge >= 0.3 is 0 Å². The van der Waals surface area contributed by atoms with Crippen molar-refractivity contribution in [1.29, 1.82) is 0 Å². The van der Waals surface area contributed by atoms with Crippen molar-refractivity contribution in [1.82, 2.24) is 0 Å². The lowest BCUT2D eigenvalue weighted by molar-refractivity contribution is -0.384. The SMILES string of the molecule is O=Cc1cccc(-c2ccc([N+](=O)[O-])c(NCc3ccccc3)c2)c1. The van der Waals surface area contributed by atoms with E-state index < -0.39 is 4.92 Å². The second kappa shape index (κ2) is 7.40. The molecule has 0 saturated carbocycles. The van der Waals surface area contributed by atoms with E-state index in [1.807, 2.05) is 36.4 Å². The molecule has 0 bridgehead atoms. The summed E-state index contributed by atoms with van der Waals surface area (Å²) >= 11 is 0. The van der Waals surface area contributed by atoms with Gasteiger partial charge in [0.2, 0.25) is 0 Å². The summed E-state index contributed by atoms with van der Waals surface area (Å²) in [6.45, 7) is 0.486. The van der Waals surface area contributed by atoms with Gasteiger partial charge in [-0.1, -0.05) is 48.5 Å². The standard InChI is InChI=1S/C20H16N2O3/c23-14-16-7-4-8-17(11-16)18-9-10-20(22(24)25)19(12-18)21-13-15-5-2-1-3-6-15/h1-12,14,21H,13H2. The van der Waals surface area contributed by atoms with Crippen LogP contribution in [-0.4, -0.2) is 11.2 Å². The fraction of sp³-hybridized carbons (Fsp3) is 0.0500. The molecule has 25 heavy (non-hydrogen) atoms. The number of nitro groups is 1. The van der Waals surface area contributed by atoms with Gasteiger partial charge in [0.05, 0.1) is 4.92 Å². The monoisotopic (exact) mass is 332 g/mol. The number of nitro benzene ring substituents is 1. The van der Waals surface area contributed by atoms with E-state index in [2.05, 4.69) is 5.32 Å². The molecule has 0 atom stereocenters. The zero-order valence-electron chi connectivity index (χ0n) is 13.4. The number of anilines is 1. The van der Waals surface area contributed by atoms with Gasteiger partial charge in [0.15, 0.2) is 0 Å². The van der Waals surface area contributed by atoms with E-state index >= 15 is 0 Å². The summed E-state index contributed by atoms with van der Waals surface area (Å²) in [5, 5.41) is 14.4. The van der Waals surface area contributed by atoms with E-state index in [1.165, 1.54) is 6.07 Å². The molecular weight excluding hydrogens is 316 g/mol. The average Bonchev–Trinajstić information content (AvgIpc) is 2.67. The van der Waals surface area contributed by atoms with E-state index in [-0.39, 0.29) is 5.69 Å². The molecule has 1 N–H and O–H groups in total. The topological polar surface area (TPSA) is 72.2 Å². The van der Waals surface area contributed by atoms with Crippen LogP contribution in [0.2, 0.25) is 0 Å². The highest BCUT2D eigenvalue weighted by atomic mass is 16.6. The van der Waals surface area contributed by atoms with Crippen molar-refractivity contribution in [3.8, 4) is 11.1 Å². The van der Waals surface area contributed by atoms with Crippen LogP contribution < -0.4 is 5.32 Å². The zero-order chi connectivity index (χ0) is 17.6. The first-order chi connectivity index (χ1) is 12.2. The van der Waals surface area contributed by atoms with Gasteiger partial charge in [-0.05, 0) is 34.9 Å². The van der Waals surface area contributed by atoms with Gasteiger partial charge in [-0.2, -0.15) is 0 Å². The molecule has 0 aliphatic rings. The van der Waals surface area contributed by atoms with Crippen molar-refractivity contribution in [2.75, 3.05) is 5.32 Å². The molecule has 0 aromatic heterocycles. The fourth-order valence-electron chi connectivity index (χ4n) is 2.60. The highest BCUT2D eigenvalue weighted by molar-refractivity contribution is 5.80. The Bertz CT molecular complexity index is 908. The maximum atomic E-state index is 11.3. The summed E-state index contributed by atoms with van der Waals surface area (Å²) in [6.07, 6.45) is 0.781. The molecule has 5 nitrogen and oxygen atoms in total. The molecule has 0 amide bonds. The quantitative estimate of drug-likeness (QED) is 0.404. The van der Waals surface area contributed by atoms with Gasteiger partial charge in [-0.25, -0.2) is 0 Å². The first kappa shape index (κ1) is 16.4. The third-order valence-corrected chi connectivity index (χ3v) is 3.88. The van der Waals surface area contributed by atoms with Crippen molar-refractivity contribution in [3.63, 3.8) is 0 Å². The Balaban J connectivity index is 1.94. The maximum absolute atomic E-state index is 11.3. The normalized spacial score (nSPS) is 10.2. The Hall–Kier alpha value is -3.47. The number of benzene rings is 3. The van der Waals surface area contributed by atoms with Crippen LogP contribution in [0.3, 0.4) is 0 Å². The van der Waals surface area contributed by atoms with Crippen molar-refractivity contribution in [2.45, 2.75) is 6.54 Å². The molecule has 0 heterocycles. The third-order valence-electron chi connectivity index (χ3n) is 3.88. The molecule has 3 aromatic rings. The number of carbonyl (C=O) groups is 1. The molecule has 0 aliphatic heterocycles. The summed E-state index contributed by atoms with van der Waals surface area (Å²) in [4.78, 5) is 21.9. The van der Waals surface area contributed by atoms with Crippen molar-refractivity contribution >= 4 is 17.7 Å². The number of rotatable bonds is 6. The maximum Gasteiger partial charge on any atom is 0.292 e. The van der Waals surface area contributed by atoms with Gasteiger partial charge in [0, 0.05) is 18.2 Å². The van der Waals surface area contributed by atoms with Gasteiger partial charge in [0.25, 0.3) is 5.69 Å². The number of carbonyl (C=O) groups excluding carboxylic acids is 1.